The largest absolute Gasteiger partial charge is 0.255 e. The van der Waals surface area contributed by atoms with Crippen molar-refractivity contribution in [2.75, 3.05) is 0 Å². The molecule has 6 aromatic carbocycles. The Hall–Kier alpha value is -2.56. The quantitative estimate of drug-likeness (QED) is 0.126. The molecule has 30 heavy (non-hydrogen) atoms. The molecular weight excluding hydrogens is 424 g/mol. The lowest BCUT2D eigenvalue weighted by atomic mass is 9.95. The van der Waals surface area contributed by atoms with Crippen LogP contribution in [0.2, 0.25) is 5.02 Å². The van der Waals surface area contributed by atoms with Gasteiger partial charge in [-0.2, -0.15) is 0 Å². The lowest BCUT2D eigenvalue weighted by molar-refractivity contribution is 1.78. The summed E-state index contributed by atoms with van der Waals surface area (Å²) in [5.41, 5.74) is 0. The van der Waals surface area contributed by atoms with E-state index in [9.17, 15) is 0 Å². The van der Waals surface area contributed by atoms with Crippen molar-refractivity contribution < 1.29 is 0 Å². The van der Waals surface area contributed by atoms with Crippen LogP contribution in [-0.4, -0.2) is 0 Å². The summed E-state index contributed by atoms with van der Waals surface area (Å²) >= 11 is 6.47. The number of benzene rings is 6. The molecular formula is C26H18ClNP2. The van der Waals surface area contributed by atoms with E-state index in [-0.39, 0.29) is 0 Å². The third-order valence-corrected chi connectivity index (χ3v) is 5.93. The summed E-state index contributed by atoms with van der Waals surface area (Å²) in [4.78, 5) is 0. The van der Waals surface area contributed by atoms with Crippen LogP contribution >= 0.6 is 30.0 Å². The Kier molecular flexibility index (Phi) is 5.13. The lowest BCUT2D eigenvalue weighted by Gasteiger charge is -2.10. The van der Waals surface area contributed by atoms with Gasteiger partial charge in [0.1, 0.15) is 0 Å². The number of hydrogen-bond donors (Lipinski definition) is 0. The van der Waals surface area contributed by atoms with E-state index >= 15 is 0 Å². The van der Waals surface area contributed by atoms with E-state index in [1.165, 1.54) is 48.5 Å². The van der Waals surface area contributed by atoms with Crippen LogP contribution in [0.15, 0.2) is 95.5 Å². The first-order valence-corrected chi connectivity index (χ1v) is 11.0. The van der Waals surface area contributed by atoms with E-state index < -0.39 is 0 Å². The van der Waals surface area contributed by atoms with Gasteiger partial charge < -0.3 is 0 Å². The summed E-state index contributed by atoms with van der Waals surface area (Å²) in [6.07, 6.45) is 0. The molecule has 1 unspecified atom stereocenters. The van der Waals surface area contributed by atoms with Gasteiger partial charge in [0.15, 0.2) is 0 Å². The highest BCUT2D eigenvalue weighted by atomic mass is 35.5. The minimum absolute atomic E-state index is 0.804. The Bertz CT molecular complexity index is 1590. The molecule has 0 aliphatic rings. The average Bonchev–Trinajstić information content (AvgIpc) is 2.76. The summed E-state index contributed by atoms with van der Waals surface area (Å²) in [6, 6.07) is 32.7. The van der Waals surface area contributed by atoms with Gasteiger partial charge in [0, 0.05) is 10.4 Å². The molecule has 1 atom stereocenters. The Morgan fingerprint density at radius 2 is 1.00 bits per heavy atom. The van der Waals surface area contributed by atoms with E-state index in [0.717, 1.165) is 10.4 Å². The van der Waals surface area contributed by atoms with E-state index in [1.54, 1.807) is 0 Å². The van der Waals surface area contributed by atoms with Crippen LogP contribution in [0.3, 0.4) is 0 Å². The molecule has 1 nitrogen and oxygen atoms in total. The first-order valence-electron chi connectivity index (χ1n) is 9.62. The maximum atomic E-state index is 6.47. The van der Waals surface area contributed by atoms with Gasteiger partial charge in [0.05, 0.1) is 0 Å². The van der Waals surface area contributed by atoms with Crippen LogP contribution in [0.25, 0.3) is 53.9 Å². The summed E-state index contributed by atoms with van der Waals surface area (Å²) in [5.74, 6) is 0. The van der Waals surface area contributed by atoms with Crippen LogP contribution in [0.5, 0.6) is 0 Å². The molecule has 0 aromatic heterocycles. The molecule has 0 bridgehead atoms. The van der Waals surface area contributed by atoms with Gasteiger partial charge in [-0.25, -0.2) is 0 Å². The number of hydrogen-bond acceptors (Lipinski definition) is 1. The topological polar surface area (TPSA) is 12.4 Å². The van der Waals surface area contributed by atoms with Gasteiger partial charge in [-0.1, -0.05) is 60.1 Å². The van der Waals surface area contributed by atoms with Gasteiger partial charge >= 0.3 is 0 Å². The van der Waals surface area contributed by atoms with E-state index in [2.05, 4.69) is 102 Å². The van der Waals surface area contributed by atoms with Gasteiger partial charge in [-0.3, -0.25) is 4.52 Å². The second-order valence-corrected chi connectivity index (χ2v) is 8.79. The normalized spacial score (nSPS) is 11.1. The third kappa shape index (κ3) is 3.34. The first-order chi connectivity index (χ1) is 14.7. The Morgan fingerprint density at radius 3 is 1.67 bits per heavy atom. The highest BCUT2D eigenvalue weighted by Crippen LogP contribution is 2.35. The summed E-state index contributed by atoms with van der Waals surface area (Å²) in [6.45, 7) is 0. The summed E-state index contributed by atoms with van der Waals surface area (Å²) < 4.78 is 3.22. The number of fused-ring (bicyclic) bond motifs is 6. The van der Waals surface area contributed by atoms with Crippen LogP contribution in [0.4, 0.5) is 0 Å². The molecule has 0 amide bonds. The summed E-state index contributed by atoms with van der Waals surface area (Å²) in [5, 5.41) is 13.2. The maximum absolute atomic E-state index is 6.47. The van der Waals surface area contributed by atoms with E-state index in [4.69, 9.17) is 11.6 Å². The van der Waals surface area contributed by atoms with Crippen molar-refractivity contribution in [1.82, 2.24) is 0 Å². The highest BCUT2D eigenvalue weighted by Gasteiger charge is 2.07. The molecule has 0 aliphatic carbocycles. The zero-order chi connectivity index (χ0) is 20.7. The van der Waals surface area contributed by atoms with Crippen molar-refractivity contribution in [3.8, 4) is 0 Å². The molecule has 0 saturated heterocycles. The fourth-order valence-corrected chi connectivity index (χ4v) is 4.47. The third-order valence-electron chi connectivity index (χ3n) is 5.60. The fraction of sp³-hybridized carbons (Fsp3) is 0. The molecule has 4 heteroatoms. The standard InChI is InChI=1S/C26H15Cl.H3NP2/c27-26-7-3-6-18-12-19-8-9-20-13-21-10-16-4-1-2-5-17(16)11-22(21)14-23(20)24(19)15-25(18)26;2-1-3/h1-15H;2H,3H2. The number of nitrogens with zero attached hydrogens (tertiary/aromatic N) is 1. The van der Waals surface area contributed by atoms with Crippen LogP contribution in [0.1, 0.15) is 0 Å². The second kappa shape index (κ2) is 7.93. The van der Waals surface area contributed by atoms with Crippen molar-refractivity contribution in [2.45, 2.75) is 0 Å². The van der Waals surface area contributed by atoms with Crippen molar-refractivity contribution in [1.29, 1.82) is 0 Å². The molecule has 0 heterocycles. The minimum atomic E-state index is 0.804. The SMILES string of the molecule is Clc1cccc2cc3ccc4cc5cc6ccccc6cc5cc4c3cc12.P=NP. The summed E-state index contributed by atoms with van der Waals surface area (Å²) in [7, 11) is 4.89. The predicted molar refractivity (Wildman–Crippen MR) is 139 cm³/mol. The van der Waals surface area contributed by atoms with Crippen molar-refractivity contribution in [2.24, 2.45) is 4.52 Å². The molecule has 6 aromatic rings. The van der Waals surface area contributed by atoms with Crippen molar-refractivity contribution in [3.63, 3.8) is 0 Å². The molecule has 0 saturated carbocycles. The number of halogens is 1. The first kappa shape index (κ1) is 19.4. The monoisotopic (exact) mass is 441 g/mol. The van der Waals surface area contributed by atoms with Crippen molar-refractivity contribution in [3.05, 3.63) is 96.0 Å². The molecule has 0 radical (unpaired) electrons. The van der Waals surface area contributed by atoms with Crippen molar-refractivity contribution >= 4 is 83.9 Å². The van der Waals surface area contributed by atoms with Crippen LogP contribution < -0.4 is 0 Å². The van der Waals surface area contributed by atoms with Crippen LogP contribution in [-0.2, 0) is 0 Å². The van der Waals surface area contributed by atoms with Gasteiger partial charge in [0.25, 0.3) is 0 Å². The predicted octanol–water partition coefficient (Wildman–Crippen LogP) is 9.21. The molecule has 6 rings (SSSR count). The van der Waals surface area contributed by atoms with E-state index in [0.29, 0.717) is 0 Å². The van der Waals surface area contributed by atoms with Gasteiger partial charge in [0.2, 0.25) is 0 Å². The fourth-order valence-electron chi connectivity index (χ4n) is 4.24. The second-order valence-electron chi connectivity index (χ2n) is 7.35. The maximum Gasteiger partial charge on any atom is 0.0484 e. The average molecular weight is 442 g/mol. The van der Waals surface area contributed by atoms with Gasteiger partial charge in [-0.15, -0.1) is 0 Å². The zero-order valence-electron chi connectivity index (χ0n) is 16.1. The molecule has 0 N–H and O–H groups in total. The number of rotatable bonds is 0. The highest BCUT2D eigenvalue weighted by molar-refractivity contribution is 7.23. The van der Waals surface area contributed by atoms with E-state index in [1.807, 2.05) is 12.1 Å². The molecule has 144 valence electrons. The van der Waals surface area contributed by atoms with Gasteiger partial charge in [-0.05, 0) is 109 Å². The van der Waals surface area contributed by atoms with Crippen LogP contribution in [0, 0.1) is 0 Å². The Labute approximate surface area is 184 Å². The Balaban J connectivity index is 0.000000609. The molecule has 0 fully saturated rings. The molecule has 0 aliphatic heterocycles. The zero-order valence-corrected chi connectivity index (χ0v) is 19.0. The minimum Gasteiger partial charge on any atom is -0.255 e. The Morgan fingerprint density at radius 1 is 0.533 bits per heavy atom. The smallest absolute Gasteiger partial charge is 0.0484 e. The lowest BCUT2D eigenvalue weighted by Crippen LogP contribution is -1.83. The molecule has 0 spiro atoms.